The van der Waals surface area contributed by atoms with Crippen molar-refractivity contribution in [1.29, 1.82) is 0 Å². The number of thiophene rings is 1. The van der Waals surface area contributed by atoms with Crippen molar-refractivity contribution in [1.82, 2.24) is 9.21 Å². The molecule has 1 aliphatic heterocycles. The lowest BCUT2D eigenvalue weighted by Crippen LogP contribution is -2.48. The van der Waals surface area contributed by atoms with E-state index in [1.165, 1.54) is 22.5 Å². The van der Waals surface area contributed by atoms with E-state index in [9.17, 15) is 8.42 Å². The number of benzene rings is 1. The molecular formula is C18H24N2O2S2. The van der Waals surface area contributed by atoms with Gasteiger partial charge in [0.2, 0.25) is 0 Å². The van der Waals surface area contributed by atoms with Gasteiger partial charge in [0.15, 0.2) is 0 Å². The van der Waals surface area contributed by atoms with Crippen LogP contribution in [0.15, 0.2) is 46.0 Å². The number of nitrogens with zero attached hydrogens (tertiary/aromatic N) is 2. The Morgan fingerprint density at radius 3 is 2.25 bits per heavy atom. The fraction of sp³-hybridized carbons (Fsp3) is 0.444. The zero-order chi connectivity index (χ0) is 17.2. The summed E-state index contributed by atoms with van der Waals surface area (Å²) in [4.78, 5) is 2.32. The molecule has 2 aromatic rings. The second-order valence-electron chi connectivity index (χ2n) is 6.51. The molecule has 0 N–H and O–H groups in total. The minimum atomic E-state index is -3.30. The average Bonchev–Trinajstić information content (AvgIpc) is 3.11. The molecule has 1 saturated heterocycles. The van der Waals surface area contributed by atoms with Crippen molar-refractivity contribution in [2.75, 3.05) is 26.2 Å². The number of hydrogen-bond donors (Lipinski definition) is 0. The summed E-state index contributed by atoms with van der Waals surface area (Å²) in [5.41, 5.74) is 2.64. The van der Waals surface area contributed by atoms with Crippen molar-refractivity contribution in [3.05, 3.63) is 52.9 Å². The molecule has 0 unspecified atom stereocenters. The smallest absolute Gasteiger partial charge is 0.252 e. The molecule has 24 heavy (non-hydrogen) atoms. The molecule has 1 aromatic carbocycles. The molecule has 4 nitrogen and oxygen atoms in total. The van der Waals surface area contributed by atoms with Crippen LogP contribution in [0.2, 0.25) is 0 Å². The van der Waals surface area contributed by atoms with Crippen LogP contribution in [-0.2, 0) is 16.6 Å². The van der Waals surface area contributed by atoms with Crippen LogP contribution < -0.4 is 0 Å². The highest BCUT2D eigenvalue weighted by Crippen LogP contribution is 2.22. The molecule has 0 saturated carbocycles. The molecule has 0 aliphatic carbocycles. The van der Waals surface area contributed by atoms with Crippen LogP contribution in [0.1, 0.15) is 30.9 Å². The minimum absolute atomic E-state index is 0.445. The van der Waals surface area contributed by atoms with E-state index in [0.29, 0.717) is 23.2 Å². The van der Waals surface area contributed by atoms with Crippen molar-refractivity contribution in [3.63, 3.8) is 0 Å². The quantitative estimate of drug-likeness (QED) is 0.817. The van der Waals surface area contributed by atoms with E-state index in [4.69, 9.17) is 0 Å². The largest absolute Gasteiger partial charge is 0.296 e. The highest BCUT2D eigenvalue weighted by molar-refractivity contribution is 7.91. The summed E-state index contributed by atoms with van der Waals surface area (Å²) in [5.74, 6) is 0.546. The molecule has 0 spiro atoms. The van der Waals surface area contributed by atoms with Crippen LogP contribution in [-0.4, -0.2) is 43.8 Å². The Morgan fingerprint density at radius 2 is 1.71 bits per heavy atom. The van der Waals surface area contributed by atoms with Crippen molar-refractivity contribution in [2.45, 2.75) is 30.5 Å². The third-order valence-corrected chi connectivity index (χ3v) is 7.74. The van der Waals surface area contributed by atoms with Crippen molar-refractivity contribution in [3.8, 4) is 0 Å². The standard InChI is InChI=1S/C18H24N2O2S2/c1-15(2)17-7-5-16(6-8-17)14-19-9-11-20(12-10-19)24(21,22)18-4-3-13-23-18/h3-8,13,15H,9-12,14H2,1-2H3. The molecule has 1 aliphatic rings. The van der Waals surface area contributed by atoms with Crippen LogP contribution in [0, 0.1) is 0 Å². The van der Waals surface area contributed by atoms with Crippen LogP contribution in [0.3, 0.4) is 0 Å². The SMILES string of the molecule is CC(C)c1ccc(CN2CCN(S(=O)(=O)c3cccs3)CC2)cc1. The third kappa shape index (κ3) is 3.88. The van der Waals surface area contributed by atoms with Gasteiger partial charge in [0.25, 0.3) is 10.0 Å². The van der Waals surface area contributed by atoms with Crippen LogP contribution in [0.4, 0.5) is 0 Å². The van der Waals surface area contributed by atoms with Gasteiger partial charge < -0.3 is 0 Å². The van der Waals surface area contributed by atoms with Gasteiger partial charge in [0.05, 0.1) is 0 Å². The van der Waals surface area contributed by atoms with E-state index in [-0.39, 0.29) is 0 Å². The highest BCUT2D eigenvalue weighted by Gasteiger charge is 2.29. The first-order valence-electron chi connectivity index (χ1n) is 8.31. The summed E-state index contributed by atoms with van der Waals surface area (Å²) < 4.78 is 27.1. The molecule has 0 atom stereocenters. The second-order valence-corrected chi connectivity index (χ2v) is 9.62. The molecule has 6 heteroatoms. The third-order valence-electron chi connectivity index (χ3n) is 4.47. The summed E-state index contributed by atoms with van der Waals surface area (Å²) in [6.45, 7) is 7.94. The van der Waals surface area contributed by atoms with Gasteiger partial charge in [-0.3, -0.25) is 4.90 Å². The van der Waals surface area contributed by atoms with Gasteiger partial charge in [-0.15, -0.1) is 11.3 Å². The molecule has 130 valence electrons. The van der Waals surface area contributed by atoms with Gasteiger partial charge in [0, 0.05) is 32.7 Å². The zero-order valence-corrected chi connectivity index (χ0v) is 15.8. The first kappa shape index (κ1) is 17.6. The van der Waals surface area contributed by atoms with Crippen molar-refractivity contribution < 1.29 is 8.42 Å². The van der Waals surface area contributed by atoms with Gasteiger partial charge in [-0.2, -0.15) is 4.31 Å². The summed E-state index contributed by atoms with van der Waals surface area (Å²) in [7, 11) is -3.30. The monoisotopic (exact) mass is 364 g/mol. The van der Waals surface area contributed by atoms with E-state index in [1.54, 1.807) is 16.4 Å². The predicted molar refractivity (Wildman–Crippen MR) is 98.9 cm³/mol. The maximum atomic E-state index is 12.5. The molecule has 3 rings (SSSR count). The number of rotatable bonds is 5. The molecule has 0 bridgehead atoms. The van der Waals surface area contributed by atoms with E-state index >= 15 is 0 Å². The number of piperazine rings is 1. The lowest BCUT2D eigenvalue weighted by Gasteiger charge is -2.33. The summed E-state index contributed by atoms with van der Waals surface area (Å²) in [5, 5.41) is 1.81. The maximum Gasteiger partial charge on any atom is 0.252 e. The lowest BCUT2D eigenvalue weighted by atomic mass is 10.0. The number of sulfonamides is 1. The topological polar surface area (TPSA) is 40.6 Å². The molecule has 0 amide bonds. The maximum absolute atomic E-state index is 12.5. The predicted octanol–water partition coefficient (Wildman–Crippen LogP) is 3.38. The Balaban J connectivity index is 1.57. The van der Waals surface area contributed by atoms with Crippen molar-refractivity contribution >= 4 is 21.4 Å². The Hall–Kier alpha value is -1.21. The lowest BCUT2D eigenvalue weighted by molar-refractivity contribution is 0.182. The molecular weight excluding hydrogens is 340 g/mol. The van der Waals surface area contributed by atoms with Gasteiger partial charge in [-0.25, -0.2) is 8.42 Å². The van der Waals surface area contributed by atoms with Gasteiger partial charge in [-0.1, -0.05) is 44.2 Å². The highest BCUT2D eigenvalue weighted by atomic mass is 32.2. The molecule has 0 radical (unpaired) electrons. The van der Waals surface area contributed by atoms with Gasteiger partial charge in [-0.05, 0) is 28.5 Å². The average molecular weight is 365 g/mol. The zero-order valence-electron chi connectivity index (χ0n) is 14.2. The number of hydrogen-bond acceptors (Lipinski definition) is 4. The normalized spacial score (nSPS) is 17.5. The first-order chi connectivity index (χ1) is 11.5. The fourth-order valence-corrected chi connectivity index (χ4v) is 5.50. The molecule has 1 fully saturated rings. The van der Waals surface area contributed by atoms with Gasteiger partial charge in [0.1, 0.15) is 4.21 Å². The summed E-state index contributed by atoms with van der Waals surface area (Å²) in [6.07, 6.45) is 0. The first-order valence-corrected chi connectivity index (χ1v) is 10.6. The van der Waals surface area contributed by atoms with Gasteiger partial charge >= 0.3 is 0 Å². The Morgan fingerprint density at radius 1 is 1.04 bits per heavy atom. The van der Waals surface area contributed by atoms with E-state index in [2.05, 4.69) is 43.0 Å². The summed E-state index contributed by atoms with van der Waals surface area (Å²) in [6, 6.07) is 12.2. The van der Waals surface area contributed by atoms with Crippen molar-refractivity contribution in [2.24, 2.45) is 0 Å². The second kappa shape index (κ2) is 7.35. The summed E-state index contributed by atoms with van der Waals surface area (Å²) >= 11 is 1.29. The van der Waals surface area contributed by atoms with Crippen LogP contribution in [0.25, 0.3) is 0 Å². The van der Waals surface area contributed by atoms with E-state index in [1.807, 2.05) is 5.38 Å². The molecule has 1 aromatic heterocycles. The van der Waals surface area contributed by atoms with Crippen LogP contribution in [0.5, 0.6) is 0 Å². The fourth-order valence-electron chi connectivity index (χ4n) is 2.93. The Labute approximate surface area is 148 Å². The Kier molecular flexibility index (Phi) is 5.39. The van der Waals surface area contributed by atoms with E-state index in [0.717, 1.165) is 19.6 Å². The Bertz CT molecular complexity index is 745. The minimum Gasteiger partial charge on any atom is -0.296 e. The molecule has 2 heterocycles. The van der Waals surface area contributed by atoms with Crippen LogP contribution >= 0.6 is 11.3 Å². The van der Waals surface area contributed by atoms with E-state index < -0.39 is 10.0 Å².